The Morgan fingerprint density at radius 3 is 2.78 bits per heavy atom. The summed E-state index contributed by atoms with van der Waals surface area (Å²) in [6.07, 6.45) is 2.26. The smallest absolute Gasteiger partial charge is 0.263 e. The molecule has 1 aliphatic rings. The molecule has 4 nitrogen and oxygen atoms in total. The highest BCUT2D eigenvalue weighted by molar-refractivity contribution is 7.12. The number of rotatable bonds is 3. The van der Waals surface area contributed by atoms with E-state index in [9.17, 15) is 4.79 Å². The molecule has 1 saturated heterocycles. The van der Waals surface area contributed by atoms with E-state index in [0.29, 0.717) is 10.6 Å². The molecular formula is C13H21N3OS. The monoisotopic (exact) mass is 267 g/mol. The SMILES string of the molecule is CN1CCC(C)(CNC(=O)c2sccc2N)CC1. The molecule has 1 aliphatic heterocycles. The summed E-state index contributed by atoms with van der Waals surface area (Å²) in [6.45, 7) is 5.19. The Morgan fingerprint density at radius 1 is 1.56 bits per heavy atom. The fraction of sp³-hybridized carbons (Fsp3) is 0.615. The van der Waals surface area contributed by atoms with Gasteiger partial charge in [-0.05, 0) is 49.8 Å². The number of anilines is 1. The lowest BCUT2D eigenvalue weighted by molar-refractivity contribution is 0.0896. The third-order valence-electron chi connectivity index (χ3n) is 3.77. The number of nitrogens with one attached hydrogen (secondary N) is 1. The maximum Gasteiger partial charge on any atom is 0.263 e. The molecule has 0 unspecified atom stereocenters. The average molecular weight is 267 g/mol. The first-order chi connectivity index (χ1) is 8.50. The molecule has 100 valence electrons. The van der Waals surface area contributed by atoms with Crippen molar-refractivity contribution in [2.24, 2.45) is 5.41 Å². The second-order valence-corrected chi connectivity index (χ2v) is 6.42. The van der Waals surface area contributed by atoms with Crippen molar-refractivity contribution in [2.45, 2.75) is 19.8 Å². The summed E-state index contributed by atoms with van der Waals surface area (Å²) in [4.78, 5) is 14.9. The lowest BCUT2D eigenvalue weighted by atomic mass is 9.80. The zero-order chi connectivity index (χ0) is 13.2. The van der Waals surface area contributed by atoms with E-state index >= 15 is 0 Å². The maximum absolute atomic E-state index is 12.0. The molecule has 5 heteroatoms. The lowest BCUT2D eigenvalue weighted by Crippen LogP contribution is -2.43. The number of amides is 1. The molecule has 0 aliphatic carbocycles. The van der Waals surface area contributed by atoms with Gasteiger partial charge in [0, 0.05) is 6.54 Å². The third-order valence-corrected chi connectivity index (χ3v) is 4.70. The molecule has 1 aromatic rings. The molecule has 0 radical (unpaired) electrons. The Labute approximate surface area is 112 Å². The van der Waals surface area contributed by atoms with Crippen LogP contribution in [0.25, 0.3) is 0 Å². The number of nitrogen functional groups attached to an aromatic ring is 1. The Morgan fingerprint density at radius 2 is 2.22 bits per heavy atom. The fourth-order valence-electron chi connectivity index (χ4n) is 2.21. The van der Waals surface area contributed by atoms with Crippen LogP contribution in [0.5, 0.6) is 0 Å². The lowest BCUT2D eigenvalue weighted by Gasteiger charge is -2.37. The van der Waals surface area contributed by atoms with Gasteiger partial charge in [0.1, 0.15) is 4.88 Å². The Kier molecular flexibility index (Phi) is 3.92. The Hall–Kier alpha value is -1.07. The predicted octanol–water partition coefficient (Wildman–Crippen LogP) is 1.79. The van der Waals surface area contributed by atoms with Crippen molar-refractivity contribution in [3.8, 4) is 0 Å². The third kappa shape index (κ3) is 3.03. The van der Waals surface area contributed by atoms with Crippen LogP contribution in [0.4, 0.5) is 5.69 Å². The topological polar surface area (TPSA) is 58.4 Å². The number of piperidine rings is 1. The van der Waals surface area contributed by atoms with Gasteiger partial charge in [-0.1, -0.05) is 6.92 Å². The number of likely N-dealkylation sites (tertiary alicyclic amines) is 1. The van der Waals surface area contributed by atoms with Gasteiger partial charge in [-0.25, -0.2) is 0 Å². The summed E-state index contributed by atoms with van der Waals surface area (Å²) in [5, 5.41) is 4.87. The highest BCUT2D eigenvalue weighted by Gasteiger charge is 2.29. The van der Waals surface area contributed by atoms with Crippen LogP contribution in [0.2, 0.25) is 0 Å². The number of carbonyl (C=O) groups excluding carboxylic acids is 1. The molecule has 0 saturated carbocycles. The number of hydrogen-bond acceptors (Lipinski definition) is 4. The second kappa shape index (κ2) is 5.28. The first-order valence-corrected chi connectivity index (χ1v) is 7.18. The minimum absolute atomic E-state index is 0.0392. The Balaban J connectivity index is 1.88. The fourth-order valence-corrected chi connectivity index (χ4v) is 2.95. The van der Waals surface area contributed by atoms with Crippen LogP contribution in [0.15, 0.2) is 11.4 Å². The van der Waals surface area contributed by atoms with E-state index in [1.807, 2.05) is 5.38 Å². The summed E-state index contributed by atoms with van der Waals surface area (Å²) >= 11 is 1.40. The van der Waals surface area contributed by atoms with Gasteiger partial charge in [-0.15, -0.1) is 11.3 Å². The van der Waals surface area contributed by atoms with Crippen molar-refractivity contribution in [3.05, 3.63) is 16.3 Å². The highest BCUT2D eigenvalue weighted by Crippen LogP contribution is 2.29. The van der Waals surface area contributed by atoms with Crippen LogP contribution in [0.3, 0.4) is 0 Å². The van der Waals surface area contributed by atoms with Crippen LogP contribution in [0.1, 0.15) is 29.4 Å². The molecule has 2 heterocycles. The molecule has 2 rings (SSSR count). The summed E-state index contributed by atoms with van der Waals surface area (Å²) in [6, 6.07) is 1.77. The average Bonchev–Trinajstić information content (AvgIpc) is 2.77. The molecule has 1 fully saturated rings. The highest BCUT2D eigenvalue weighted by atomic mass is 32.1. The molecule has 1 aromatic heterocycles. The normalized spacial score (nSPS) is 19.7. The van der Waals surface area contributed by atoms with E-state index < -0.39 is 0 Å². The first-order valence-electron chi connectivity index (χ1n) is 6.30. The van der Waals surface area contributed by atoms with Crippen molar-refractivity contribution in [3.63, 3.8) is 0 Å². The number of nitrogens with two attached hydrogens (primary N) is 1. The van der Waals surface area contributed by atoms with E-state index in [-0.39, 0.29) is 11.3 Å². The number of carbonyl (C=O) groups is 1. The van der Waals surface area contributed by atoms with Gasteiger partial charge in [-0.2, -0.15) is 0 Å². The van der Waals surface area contributed by atoms with Gasteiger partial charge < -0.3 is 16.0 Å². The van der Waals surface area contributed by atoms with Gasteiger partial charge in [0.05, 0.1) is 5.69 Å². The number of thiophene rings is 1. The summed E-state index contributed by atoms with van der Waals surface area (Å²) in [7, 11) is 2.14. The van der Waals surface area contributed by atoms with Crippen molar-refractivity contribution < 1.29 is 4.79 Å². The van der Waals surface area contributed by atoms with Crippen LogP contribution in [0, 0.1) is 5.41 Å². The maximum atomic E-state index is 12.0. The second-order valence-electron chi connectivity index (χ2n) is 5.50. The van der Waals surface area contributed by atoms with Gasteiger partial charge in [0.15, 0.2) is 0 Å². The van der Waals surface area contributed by atoms with Gasteiger partial charge >= 0.3 is 0 Å². The molecule has 0 spiro atoms. The molecular weight excluding hydrogens is 246 g/mol. The van der Waals surface area contributed by atoms with Crippen molar-refractivity contribution >= 4 is 22.9 Å². The zero-order valence-electron chi connectivity index (χ0n) is 11.0. The zero-order valence-corrected chi connectivity index (χ0v) is 11.8. The van der Waals surface area contributed by atoms with E-state index in [0.717, 1.165) is 32.5 Å². The summed E-state index contributed by atoms with van der Waals surface area (Å²) in [5.74, 6) is -0.0392. The van der Waals surface area contributed by atoms with Gasteiger partial charge in [0.2, 0.25) is 0 Å². The molecule has 0 aromatic carbocycles. The van der Waals surface area contributed by atoms with Crippen molar-refractivity contribution in [1.29, 1.82) is 0 Å². The van der Waals surface area contributed by atoms with Crippen LogP contribution in [-0.4, -0.2) is 37.5 Å². The molecule has 0 atom stereocenters. The van der Waals surface area contributed by atoms with E-state index in [2.05, 4.69) is 24.2 Å². The first kappa shape index (κ1) is 13.4. The van der Waals surface area contributed by atoms with E-state index in [1.54, 1.807) is 6.07 Å². The minimum atomic E-state index is -0.0392. The van der Waals surface area contributed by atoms with Crippen LogP contribution >= 0.6 is 11.3 Å². The van der Waals surface area contributed by atoms with Crippen LogP contribution < -0.4 is 11.1 Å². The minimum Gasteiger partial charge on any atom is -0.397 e. The molecule has 3 N–H and O–H groups in total. The Bertz CT molecular complexity index is 422. The number of nitrogens with zero attached hydrogens (tertiary/aromatic N) is 1. The summed E-state index contributed by atoms with van der Waals surface area (Å²) in [5.41, 5.74) is 6.54. The molecule has 18 heavy (non-hydrogen) atoms. The number of hydrogen-bond donors (Lipinski definition) is 2. The van der Waals surface area contributed by atoms with Crippen molar-refractivity contribution in [2.75, 3.05) is 32.4 Å². The van der Waals surface area contributed by atoms with Crippen molar-refractivity contribution in [1.82, 2.24) is 10.2 Å². The predicted molar refractivity (Wildman–Crippen MR) is 75.9 cm³/mol. The van der Waals surface area contributed by atoms with E-state index in [4.69, 9.17) is 5.73 Å². The standard InChI is InChI=1S/C13H21N3OS/c1-13(4-6-16(2)7-5-13)9-15-12(17)11-10(14)3-8-18-11/h3,8H,4-7,9,14H2,1-2H3,(H,15,17). The largest absolute Gasteiger partial charge is 0.397 e. The molecule has 0 bridgehead atoms. The van der Waals surface area contributed by atoms with Crippen LogP contribution in [-0.2, 0) is 0 Å². The van der Waals surface area contributed by atoms with Gasteiger partial charge in [-0.3, -0.25) is 4.79 Å². The van der Waals surface area contributed by atoms with E-state index in [1.165, 1.54) is 11.3 Å². The molecule has 1 amide bonds. The quantitative estimate of drug-likeness (QED) is 0.878. The van der Waals surface area contributed by atoms with Gasteiger partial charge in [0.25, 0.3) is 5.91 Å². The summed E-state index contributed by atoms with van der Waals surface area (Å²) < 4.78 is 0.